The molecule has 0 radical (unpaired) electrons. The van der Waals surface area contributed by atoms with E-state index in [9.17, 15) is 5.11 Å². The molecule has 0 bridgehead atoms. The number of benzene rings is 1. The van der Waals surface area contributed by atoms with Gasteiger partial charge in [-0.3, -0.25) is 0 Å². The van der Waals surface area contributed by atoms with Crippen LogP contribution in [-0.2, 0) is 13.0 Å². The Hall–Kier alpha value is -2.14. The Morgan fingerprint density at radius 3 is 2.54 bits per heavy atom. The summed E-state index contributed by atoms with van der Waals surface area (Å²) in [5.41, 5.74) is 2.78. The Bertz CT molecular complexity index is 844. The minimum atomic E-state index is -0.0186. The fraction of sp³-hybridized carbons (Fsp3) is 0.565. The summed E-state index contributed by atoms with van der Waals surface area (Å²) >= 11 is 0. The first kappa shape index (κ1) is 19.2. The highest BCUT2D eigenvalue weighted by molar-refractivity contribution is 5.54. The number of hydrogen-bond acceptors (Lipinski definition) is 5. The van der Waals surface area contributed by atoms with Crippen molar-refractivity contribution in [3.8, 4) is 0 Å². The van der Waals surface area contributed by atoms with Crippen molar-refractivity contribution in [2.75, 3.05) is 16.8 Å². The maximum absolute atomic E-state index is 9.74. The third-order valence-electron chi connectivity index (χ3n) is 6.08. The molecule has 150 valence electrons. The highest BCUT2D eigenvalue weighted by Gasteiger charge is 2.35. The number of rotatable bonds is 6. The van der Waals surface area contributed by atoms with Gasteiger partial charge in [0.25, 0.3) is 0 Å². The van der Waals surface area contributed by atoms with Crippen molar-refractivity contribution in [1.29, 1.82) is 0 Å². The lowest BCUT2D eigenvalue weighted by atomic mass is 9.85. The maximum Gasteiger partial charge on any atom is 0.136 e. The van der Waals surface area contributed by atoms with Crippen LogP contribution in [0.5, 0.6) is 0 Å². The molecule has 2 aliphatic rings. The van der Waals surface area contributed by atoms with Gasteiger partial charge in [-0.15, -0.1) is 0 Å². The Labute approximate surface area is 168 Å². The molecule has 5 heteroatoms. The second-order valence-electron chi connectivity index (χ2n) is 9.27. The predicted molar refractivity (Wildman–Crippen MR) is 114 cm³/mol. The number of aliphatic hydroxyl groups is 1. The molecule has 0 spiro atoms. The molecule has 5 nitrogen and oxygen atoms in total. The van der Waals surface area contributed by atoms with Crippen LogP contribution in [0.25, 0.3) is 0 Å². The second-order valence-corrected chi connectivity index (χ2v) is 9.27. The van der Waals surface area contributed by atoms with Gasteiger partial charge >= 0.3 is 0 Å². The largest absolute Gasteiger partial charge is 0.394 e. The number of aromatic nitrogens is 2. The summed E-state index contributed by atoms with van der Waals surface area (Å²) < 4.78 is 0. The first-order valence-electron chi connectivity index (χ1n) is 10.5. The average Bonchev–Trinajstić information content (AvgIpc) is 3.49. The van der Waals surface area contributed by atoms with E-state index in [1.165, 1.54) is 24.0 Å². The van der Waals surface area contributed by atoms with Gasteiger partial charge in [-0.25, -0.2) is 9.97 Å². The molecule has 2 N–H and O–H groups in total. The van der Waals surface area contributed by atoms with E-state index < -0.39 is 0 Å². The van der Waals surface area contributed by atoms with E-state index in [0.29, 0.717) is 11.8 Å². The number of hydrogen-bond donors (Lipinski definition) is 2. The van der Waals surface area contributed by atoms with Gasteiger partial charge in [0.1, 0.15) is 17.5 Å². The lowest BCUT2D eigenvalue weighted by Crippen LogP contribution is -2.49. The van der Waals surface area contributed by atoms with Crippen LogP contribution in [0, 0.1) is 5.92 Å². The topological polar surface area (TPSA) is 61.3 Å². The van der Waals surface area contributed by atoms with Gasteiger partial charge in [-0.2, -0.15) is 0 Å². The molecule has 1 atom stereocenters. The van der Waals surface area contributed by atoms with Gasteiger partial charge in [-0.05, 0) is 50.2 Å². The molecule has 1 saturated carbocycles. The van der Waals surface area contributed by atoms with Crippen molar-refractivity contribution in [1.82, 2.24) is 9.97 Å². The summed E-state index contributed by atoms with van der Waals surface area (Å²) in [6.45, 7) is 9.76. The molecule has 4 rings (SSSR count). The average molecular weight is 381 g/mol. The fourth-order valence-electron chi connectivity index (χ4n) is 4.02. The van der Waals surface area contributed by atoms with Crippen LogP contribution in [0.2, 0.25) is 0 Å². The fourth-order valence-corrected chi connectivity index (χ4v) is 4.02. The smallest absolute Gasteiger partial charge is 0.136 e. The molecule has 1 aliphatic heterocycles. The minimum Gasteiger partial charge on any atom is -0.394 e. The molecule has 0 amide bonds. The highest BCUT2D eigenvalue weighted by atomic mass is 16.3. The number of aliphatic hydroxyl groups excluding tert-OH is 1. The summed E-state index contributed by atoms with van der Waals surface area (Å²) in [4.78, 5) is 12.2. The van der Waals surface area contributed by atoms with E-state index in [1.807, 2.05) is 0 Å². The van der Waals surface area contributed by atoms with E-state index in [4.69, 9.17) is 9.97 Å². The molecule has 2 heterocycles. The lowest BCUT2D eigenvalue weighted by Gasteiger charge is -2.44. The standard InChI is InChI=1S/C23H32N4O/c1-15(2)19(14-28)24-20-11-21(26-22(25-20)16-9-10-16)27-13-18-8-6-5-7-17(18)12-23(27,3)4/h5-8,11,15-16,19,28H,9-10,12-14H2,1-4H3,(H,24,25,26)/t19-/m1/s1. The Balaban J connectivity index is 1.70. The zero-order valence-corrected chi connectivity index (χ0v) is 17.4. The summed E-state index contributed by atoms with van der Waals surface area (Å²) in [6.07, 6.45) is 3.34. The summed E-state index contributed by atoms with van der Waals surface area (Å²) in [5.74, 6) is 3.56. The van der Waals surface area contributed by atoms with Gasteiger partial charge in [0.15, 0.2) is 0 Å². The summed E-state index contributed by atoms with van der Waals surface area (Å²) in [7, 11) is 0. The minimum absolute atomic E-state index is 0.00936. The van der Waals surface area contributed by atoms with Crippen LogP contribution >= 0.6 is 0 Å². The SMILES string of the molecule is CC(C)[C@@H](CO)Nc1cc(N2Cc3ccccc3CC2(C)C)nc(C2CC2)n1. The Morgan fingerprint density at radius 1 is 1.18 bits per heavy atom. The molecular formula is C23H32N4O. The van der Waals surface area contributed by atoms with Crippen molar-refractivity contribution >= 4 is 11.6 Å². The van der Waals surface area contributed by atoms with Crippen molar-refractivity contribution in [3.63, 3.8) is 0 Å². The van der Waals surface area contributed by atoms with Gasteiger partial charge in [0, 0.05) is 24.1 Å². The molecule has 0 unspecified atom stereocenters. The predicted octanol–water partition coefficient (Wildman–Crippen LogP) is 4.12. The van der Waals surface area contributed by atoms with Crippen molar-refractivity contribution in [2.24, 2.45) is 5.92 Å². The molecule has 28 heavy (non-hydrogen) atoms. The number of fused-ring (bicyclic) bond motifs is 1. The maximum atomic E-state index is 9.74. The number of nitrogens with one attached hydrogen (secondary N) is 1. The van der Waals surface area contributed by atoms with E-state index in [1.54, 1.807) is 0 Å². The first-order chi connectivity index (χ1) is 13.4. The quantitative estimate of drug-likeness (QED) is 0.789. The van der Waals surface area contributed by atoms with E-state index in [-0.39, 0.29) is 18.2 Å². The normalized spacial score (nSPS) is 19.4. The van der Waals surface area contributed by atoms with E-state index >= 15 is 0 Å². The highest BCUT2D eigenvalue weighted by Crippen LogP contribution is 2.41. The van der Waals surface area contributed by atoms with Crippen LogP contribution in [0.15, 0.2) is 30.3 Å². The molecule has 2 aromatic rings. The Morgan fingerprint density at radius 2 is 1.89 bits per heavy atom. The molecule has 1 aromatic carbocycles. The van der Waals surface area contributed by atoms with Crippen LogP contribution in [-0.4, -0.2) is 33.3 Å². The van der Waals surface area contributed by atoms with Crippen molar-refractivity contribution in [2.45, 2.75) is 71.0 Å². The van der Waals surface area contributed by atoms with Gasteiger partial charge in [0.2, 0.25) is 0 Å². The van der Waals surface area contributed by atoms with Gasteiger partial charge in [0.05, 0.1) is 12.6 Å². The van der Waals surface area contributed by atoms with Crippen LogP contribution in [0.3, 0.4) is 0 Å². The molecular weight excluding hydrogens is 348 g/mol. The number of nitrogens with zero attached hydrogens (tertiary/aromatic N) is 3. The first-order valence-corrected chi connectivity index (χ1v) is 10.5. The van der Waals surface area contributed by atoms with Gasteiger partial charge < -0.3 is 15.3 Å². The van der Waals surface area contributed by atoms with Crippen molar-refractivity contribution in [3.05, 3.63) is 47.3 Å². The molecule has 0 saturated heterocycles. The van der Waals surface area contributed by atoms with Crippen LogP contribution < -0.4 is 10.2 Å². The Kier molecular flexibility index (Phi) is 5.04. The summed E-state index contributed by atoms with van der Waals surface area (Å²) in [6, 6.07) is 10.8. The molecule has 1 fully saturated rings. The van der Waals surface area contributed by atoms with Crippen LogP contribution in [0.4, 0.5) is 11.6 Å². The van der Waals surface area contributed by atoms with E-state index in [2.05, 4.69) is 68.2 Å². The third kappa shape index (κ3) is 3.86. The van der Waals surface area contributed by atoms with E-state index in [0.717, 1.165) is 30.4 Å². The third-order valence-corrected chi connectivity index (χ3v) is 6.08. The number of anilines is 2. The van der Waals surface area contributed by atoms with Crippen molar-refractivity contribution < 1.29 is 5.11 Å². The lowest BCUT2D eigenvalue weighted by molar-refractivity contribution is 0.249. The zero-order valence-electron chi connectivity index (χ0n) is 17.4. The molecule has 1 aliphatic carbocycles. The zero-order chi connectivity index (χ0) is 19.9. The van der Waals surface area contributed by atoms with Crippen LogP contribution in [0.1, 0.15) is 63.4 Å². The monoisotopic (exact) mass is 380 g/mol. The van der Waals surface area contributed by atoms with Gasteiger partial charge in [-0.1, -0.05) is 38.1 Å². The summed E-state index contributed by atoms with van der Waals surface area (Å²) in [5, 5.41) is 13.2. The molecule has 1 aromatic heterocycles. The second kappa shape index (κ2) is 7.36.